The molecule has 6 heteroatoms. The molecule has 0 amide bonds. The maximum Gasteiger partial charge on any atom is 0.235 e. The largest absolute Gasteiger partial charge is 0.235 e. The maximum absolute atomic E-state index is 12.7. The van der Waals surface area contributed by atoms with Gasteiger partial charge in [0.15, 0.2) is 5.82 Å². The summed E-state index contributed by atoms with van der Waals surface area (Å²) in [7, 11) is -3.65. The van der Waals surface area contributed by atoms with E-state index in [1.807, 2.05) is 61.5 Å². The van der Waals surface area contributed by atoms with Gasteiger partial charge in [0.2, 0.25) is 14.2 Å². The Morgan fingerprint density at radius 2 is 1.33 bits per heavy atom. The van der Waals surface area contributed by atoms with Gasteiger partial charge in [-0.15, -0.1) is 0 Å². The summed E-state index contributed by atoms with van der Waals surface area (Å²) < 4.78 is 29.7. The van der Waals surface area contributed by atoms with Crippen LogP contribution in [0.2, 0.25) is 0 Å². The van der Waals surface area contributed by atoms with Crippen molar-refractivity contribution in [3.05, 3.63) is 84.4 Å². The van der Waals surface area contributed by atoms with Crippen LogP contribution in [0.3, 0.4) is 0 Å². The summed E-state index contributed by atoms with van der Waals surface area (Å²) in [6.07, 6.45) is 0. The number of nitrogens with zero attached hydrogens (tertiary/aromatic N) is 2. The normalized spacial score (nSPS) is 11.4. The summed E-state index contributed by atoms with van der Waals surface area (Å²) in [6, 6.07) is 24.6. The minimum Gasteiger partial charge on any atom is -0.216 e. The highest BCUT2D eigenvalue weighted by atomic mass is 32.2. The topological polar surface area (TPSA) is 59.9 Å². The molecular formula is C21H16N2O2S2. The summed E-state index contributed by atoms with van der Waals surface area (Å²) in [6.45, 7) is 1.92. The number of benzene rings is 3. The van der Waals surface area contributed by atoms with Crippen molar-refractivity contribution in [2.24, 2.45) is 0 Å². The van der Waals surface area contributed by atoms with Crippen molar-refractivity contribution in [2.45, 2.75) is 16.2 Å². The third-order valence-corrected chi connectivity index (χ3v) is 7.06. The number of rotatable bonds is 4. The van der Waals surface area contributed by atoms with Crippen LogP contribution < -0.4 is 0 Å². The number of sulfone groups is 1. The molecule has 0 saturated carbocycles. The van der Waals surface area contributed by atoms with Crippen LogP contribution in [-0.2, 0) is 9.84 Å². The zero-order valence-electron chi connectivity index (χ0n) is 14.5. The first kappa shape index (κ1) is 17.6. The Hall–Kier alpha value is -2.83. The highest BCUT2D eigenvalue weighted by molar-refractivity contribution is 7.93. The smallest absolute Gasteiger partial charge is 0.216 e. The van der Waals surface area contributed by atoms with Crippen LogP contribution in [0.25, 0.3) is 22.5 Å². The fourth-order valence-corrected chi connectivity index (χ4v) is 4.83. The molecule has 3 aromatic carbocycles. The van der Waals surface area contributed by atoms with Crippen molar-refractivity contribution in [1.82, 2.24) is 9.36 Å². The highest BCUT2D eigenvalue weighted by Gasteiger charge is 2.23. The zero-order valence-corrected chi connectivity index (χ0v) is 16.2. The molecule has 0 bridgehead atoms. The molecule has 0 aliphatic carbocycles. The summed E-state index contributed by atoms with van der Waals surface area (Å²) in [5.41, 5.74) is 4.00. The van der Waals surface area contributed by atoms with Crippen molar-refractivity contribution in [1.29, 1.82) is 0 Å². The van der Waals surface area contributed by atoms with E-state index in [9.17, 15) is 8.42 Å². The average molecular weight is 393 g/mol. The first-order valence-electron chi connectivity index (χ1n) is 8.35. The Bertz CT molecular complexity index is 1170. The second-order valence-corrected chi connectivity index (χ2v) is 9.02. The first-order chi connectivity index (χ1) is 13.0. The molecule has 0 spiro atoms. The SMILES string of the molecule is Cc1ccc(S(=O)(=O)c2nc(-c3ccc(-c4ccccc4)cc3)ns2)cc1. The van der Waals surface area contributed by atoms with Gasteiger partial charge in [-0.25, -0.2) is 13.4 Å². The van der Waals surface area contributed by atoms with Crippen LogP contribution in [0.4, 0.5) is 0 Å². The Morgan fingerprint density at radius 1 is 0.741 bits per heavy atom. The number of aryl methyl sites for hydroxylation is 1. The molecule has 4 nitrogen and oxygen atoms in total. The van der Waals surface area contributed by atoms with E-state index >= 15 is 0 Å². The molecule has 0 aliphatic heterocycles. The predicted octanol–water partition coefficient (Wildman–Crippen LogP) is 5.01. The van der Waals surface area contributed by atoms with Gasteiger partial charge in [0.1, 0.15) is 0 Å². The van der Waals surface area contributed by atoms with E-state index in [2.05, 4.69) is 9.36 Å². The quantitative estimate of drug-likeness (QED) is 0.490. The molecule has 0 radical (unpaired) electrons. The molecular weight excluding hydrogens is 376 g/mol. The molecule has 0 atom stereocenters. The maximum atomic E-state index is 12.7. The lowest BCUT2D eigenvalue weighted by Crippen LogP contribution is -2.01. The Morgan fingerprint density at radius 3 is 2.00 bits per heavy atom. The van der Waals surface area contributed by atoms with Gasteiger partial charge in [-0.3, -0.25) is 0 Å². The van der Waals surface area contributed by atoms with E-state index < -0.39 is 9.84 Å². The van der Waals surface area contributed by atoms with Crippen LogP contribution >= 0.6 is 11.5 Å². The number of hydrogen-bond donors (Lipinski definition) is 0. The monoisotopic (exact) mass is 392 g/mol. The Balaban J connectivity index is 1.63. The van der Waals surface area contributed by atoms with Crippen molar-refractivity contribution in [3.8, 4) is 22.5 Å². The second kappa shape index (κ2) is 7.06. The molecule has 0 N–H and O–H groups in total. The zero-order chi connectivity index (χ0) is 18.9. The van der Waals surface area contributed by atoms with E-state index in [-0.39, 0.29) is 9.24 Å². The van der Waals surface area contributed by atoms with Crippen molar-refractivity contribution in [2.75, 3.05) is 0 Å². The van der Waals surface area contributed by atoms with Gasteiger partial charge >= 0.3 is 0 Å². The van der Waals surface area contributed by atoms with E-state index in [1.54, 1.807) is 24.3 Å². The summed E-state index contributed by atoms with van der Waals surface area (Å²) >= 11 is 0.902. The van der Waals surface area contributed by atoms with Crippen LogP contribution in [0, 0.1) is 6.92 Å². The fourth-order valence-electron chi connectivity index (χ4n) is 2.70. The van der Waals surface area contributed by atoms with Crippen LogP contribution in [0.5, 0.6) is 0 Å². The molecule has 0 fully saturated rings. The predicted molar refractivity (Wildman–Crippen MR) is 107 cm³/mol. The van der Waals surface area contributed by atoms with E-state index in [0.29, 0.717) is 5.82 Å². The van der Waals surface area contributed by atoms with E-state index in [0.717, 1.165) is 33.8 Å². The third kappa shape index (κ3) is 3.54. The minimum absolute atomic E-state index is 0.00786. The molecule has 0 unspecified atom stereocenters. The summed E-state index contributed by atoms with van der Waals surface area (Å²) in [5.74, 6) is 0.422. The van der Waals surface area contributed by atoms with Crippen molar-refractivity contribution in [3.63, 3.8) is 0 Å². The lowest BCUT2D eigenvalue weighted by atomic mass is 10.0. The van der Waals surface area contributed by atoms with Gasteiger partial charge < -0.3 is 0 Å². The standard InChI is InChI=1S/C21H16N2O2S2/c1-15-7-13-19(14-8-15)27(24,25)21-22-20(23-26-21)18-11-9-17(10-12-18)16-5-3-2-4-6-16/h2-14H,1H3. The lowest BCUT2D eigenvalue weighted by Gasteiger charge is -2.02. The highest BCUT2D eigenvalue weighted by Crippen LogP contribution is 2.28. The molecule has 134 valence electrons. The third-order valence-electron chi connectivity index (χ3n) is 4.22. The fraction of sp³-hybridized carbons (Fsp3) is 0.0476. The van der Waals surface area contributed by atoms with E-state index in [4.69, 9.17) is 0 Å². The molecule has 27 heavy (non-hydrogen) atoms. The van der Waals surface area contributed by atoms with E-state index in [1.165, 1.54) is 0 Å². The van der Waals surface area contributed by atoms with Gasteiger partial charge in [0, 0.05) is 5.56 Å². The minimum atomic E-state index is -3.65. The molecule has 0 saturated heterocycles. The van der Waals surface area contributed by atoms with Gasteiger partial charge in [0.05, 0.1) is 4.90 Å². The first-order valence-corrected chi connectivity index (χ1v) is 10.6. The van der Waals surface area contributed by atoms with Crippen molar-refractivity contribution >= 4 is 21.4 Å². The van der Waals surface area contributed by atoms with Crippen molar-refractivity contribution < 1.29 is 8.42 Å². The summed E-state index contributed by atoms with van der Waals surface area (Å²) in [5, 5.41) is 0. The molecule has 0 aliphatic rings. The number of hydrogen-bond acceptors (Lipinski definition) is 5. The van der Waals surface area contributed by atoms with Gasteiger partial charge in [0.25, 0.3) is 0 Å². The van der Waals surface area contributed by atoms with Crippen LogP contribution in [0.1, 0.15) is 5.56 Å². The Kier molecular flexibility index (Phi) is 4.59. The molecule has 4 rings (SSSR count). The summed E-state index contributed by atoms with van der Waals surface area (Å²) in [4.78, 5) is 4.50. The molecule has 1 heterocycles. The number of aromatic nitrogens is 2. The molecule has 4 aromatic rings. The van der Waals surface area contributed by atoms with Gasteiger partial charge in [-0.05, 0) is 41.7 Å². The average Bonchev–Trinajstić information content (AvgIpc) is 3.20. The van der Waals surface area contributed by atoms with Crippen LogP contribution in [-0.4, -0.2) is 17.8 Å². The van der Waals surface area contributed by atoms with Gasteiger partial charge in [-0.1, -0.05) is 72.3 Å². The second-order valence-electron chi connectivity index (χ2n) is 6.14. The Labute approximate surface area is 162 Å². The lowest BCUT2D eigenvalue weighted by molar-refractivity contribution is 0.595. The van der Waals surface area contributed by atoms with Gasteiger partial charge in [-0.2, -0.15) is 4.37 Å². The van der Waals surface area contributed by atoms with Crippen LogP contribution in [0.15, 0.2) is 88.1 Å². The molecule has 1 aromatic heterocycles.